The van der Waals surface area contributed by atoms with Crippen molar-refractivity contribution in [1.29, 1.82) is 0 Å². The normalized spacial score (nSPS) is 18.9. The Morgan fingerprint density at radius 2 is 1.83 bits per heavy atom. The Hall–Kier alpha value is -4.46. The maximum Gasteiger partial charge on any atom is 0.247 e. The number of hydroxylamine groups is 1. The number of methoxy groups -OCH3 is 1. The molecular formula is C34H40ClFN8O4. The molecule has 0 spiro atoms. The van der Waals surface area contributed by atoms with E-state index in [1.165, 1.54) is 18.5 Å². The number of hydrogen-bond acceptors (Lipinski definition) is 10. The first-order valence-electron chi connectivity index (χ1n) is 16.1. The van der Waals surface area contributed by atoms with Crippen LogP contribution in [0.1, 0.15) is 37.8 Å². The van der Waals surface area contributed by atoms with Gasteiger partial charge >= 0.3 is 0 Å². The van der Waals surface area contributed by atoms with Crippen molar-refractivity contribution >= 4 is 52.1 Å². The van der Waals surface area contributed by atoms with Crippen LogP contribution < -0.4 is 25.3 Å². The van der Waals surface area contributed by atoms with Gasteiger partial charge in [0.2, 0.25) is 11.8 Å². The van der Waals surface area contributed by atoms with E-state index in [0.29, 0.717) is 53.4 Å². The number of piperidine rings is 1. The van der Waals surface area contributed by atoms with Crippen molar-refractivity contribution in [2.45, 2.75) is 38.3 Å². The molecule has 3 aromatic rings. The lowest BCUT2D eigenvalue weighted by molar-refractivity contribution is -0.131. The highest BCUT2D eigenvalue weighted by atomic mass is 35.5. The molecule has 254 valence electrons. The molecule has 48 heavy (non-hydrogen) atoms. The Morgan fingerprint density at radius 1 is 1.06 bits per heavy atom. The first-order chi connectivity index (χ1) is 23.2. The van der Waals surface area contributed by atoms with E-state index in [1.807, 2.05) is 17.0 Å². The van der Waals surface area contributed by atoms with E-state index in [2.05, 4.69) is 37.0 Å². The van der Waals surface area contributed by atoms with Gasteiger partial charge in [-0.1, -0.05) is 30.3 Å². The van der Waals surface area contributed by atoms with Crippen molar-refractivity contribution in [2.75, 3.05) is 73.6 Å². The fourth-order valence-electron chi connectivity index (χ4n) is 6.68. The fourth-order valence-corrected chi connectivity index (χ4v) is 6.87. The van der Waals surface area contributed by atoms with E-state index in [1.54, 1.807) is 37.3 Å². The molecule has 2 aromatic carbocycles. The topological polar surface area (TPSA) is 115 Å². The Morgan fingerprint density at radius 3 is 2.54 bits per heavy atom. The zero-order chi connectivity index (χ0) is 33.8. The van der Waals surface area contributed by atoms with E-state index < -0.39 is 11.9 Å². The van der Waals surface area contributed by atoms with Gasteiger partial charge in [-0.25, -0.2) is 19.4 Å². The van der Waals surface area contributed by atoms with Crippen molar-refractivity contribution < 1.29 is 23.6 Å². The predicted octanol–water partition coefficient (Wildman–Crippen LogP) is 5.16. The van der Waals surface area contributed by atoms with Crippen LogP contribution in [0, 0.1) is 5.82 Å². The second kappa shape index (κ2) is 14.8. The van der Waals surface area contributed by atoms with Gasteiger partial charge in [0.05, 0.1) is 41.8 Å². The number of benzene rings is 2. The van der Waals surface area contributed by atoms with Crippen LogP contribution >= 0.6 is 11.6 Å². The minimum absolute atomic E-state index is 0.0489. The van der Waals surface area contributed by atoms with Gasteiger partial charge in [0.15, 0.2) is 5.82 Å². The first-order valence-corrected chi connectivity index (χ1v) is 16.5. The van der Waals surface area contributed by atoms with Crippen molar-refractivity contribution in [3.63, 3.8) is 0 Å². The molecule has 3 fully saturated rings. The number of aromatic nitrogens is 2. The monoisotopic (exact) mass is 678 g/mol. The third-order valence-corrected chi connectivity index (χ3v) is 9.52. The van der Waals surface area contributed by atoms with Crippen molar-refractivity contribution in [3.05, 3.63) is 71.8 Å². The quantitative estimate of drug-likeness (QED) is 0.294. The maximum absolute atomic E-state index is 14.9. The largest absolute Gasteiger partial charge is 0.494 e. The van der Waals surface area contributed by atoms with Crippen molar-refractivity contribution in [2.24, 2.45) is 0 Å². The number of ether oxygens (including phenoxy) is 1. The molecule has 2 N–H and O–H groups in total. The molecule has 0 saturated carbocycles. The third kappa shape index (κ3) is 7.18. The Bertz CT molecular complexity index is 1660. The lowest BCUT2D eigenvalue weighted by atomic mass is 10.0. The molecular weight excluding hydrogens is 639 g/mol. The summed E-state index contributed by atoms with van der Waals surface area (Å²) in [6.45, 7) is 10.5. The van der Waals surface area contributed by atoms with Crippen LogP contribution in [-0.4, -0.2) is 90.6 Å². The molecule has 3 saturated heterocycles. The molecule has 4 heterocycles. The average Bonchev–Trinajstić information content (AvgIpc) is 3.60. The number of carbonyl (C=O) groups excluding carboxylic acids is 2. The van der Waals surface area contributed by atoms with Gasteiger partial charge in [0.25, 0.3) is 0 Å². The minimum atomic E-state index is -0.484. The summed E-state index contributed by atoms with van der Waals surface area (Å²) < 4.78 is 20.7. The summed E-state index contributed by atoms with van der Waals surface area (Å²) in [6.07, 6.45) is 5.11. The SMILES string of the molecule is C=CC(=O)Nc1cc(Nc2cc(N3OCCC3c3cccc(Cl)c3F)ncn2)c(OC)cc1N1CCC(N2CCN(C(C)=O)CC2)CC1. The summed E-state index contributed by atoms with van der Waals surface area (Å²) in [6, 6.07) is 10.4. The average molecular weight is 679 g/mol. The number of rotatable bonds is 9. The lowest BCUT2D eigenvalue weighted by Crippen LogP contribution is -2.54. The zero-order valence-electron chi connectivity index (χ0n) is 27.1. The van der Waals surface area contributed by atoms with E-state index in [-0.39, 0.29) is 16.8 Å². The van der Waals surface area contributed by atoms with Crippen LogP contribution in [0.3, 0.4) is 0 Å². The molecule has 1 unspecified atom stereocenters. The molecule has 3 aliphatic heterocycles. The number of amides is 2. The van der Waals surface area contributed by atoms with E-state index >= 15 is 0 Å². The number of anilines is 5. The maximum atomic E-state index is 14.9. The summed E-state index contributed by atoms with van der Waals surface area (Å²) in [4.78, 5) is 45.6. The van der Waals surface area contributed by atoms with E-state index in [9.17, 15) is 14.0 Å². The summed E-state index contributed by atoms with van der Waals surface area (Å²) in [7, 11) is 1.59. The molecule has 12 nitrogen and oxygen atoms in total. The predicted molar refractivity (Wildman–Crippen MR) is 183 cm³/mol. The smallest absolute Gasteiger partial charge is 0.247 e. The number of nitrogens with zero attached hydrogens (tertiary/aromatic N) is 6. The summed E-state index contributed by atoms with van der Waals surface area (Å²) >= 11 is 6.07. The third-order valence-electron chi connectivity index (χ3n) is 9.23. The molecule has 14 heteroatoms. The molecule has 2 amide bonds. The van der Waals surface area contributed by atoms with Crippen molar-refractivity contribution in [1.82, 2.24) is 19.8 Å². The summed E-state index contributed by atoms with van der Waals surface area (Å²) in [5, 5.41) is 7.89. The van der Waals surface area contributed by atoms with Gasteiger partial charge in [-0.05, 0) is 31.1 Å². The van der Waals surface area contributed by atoms with Crippen LogP contribution in [-0.2, 0) is 14.4 Å². The van der Waals surface area contributed by atoms with Crippen LogP contribution in [0.25, 0.3) is 0 Å². The molecule has 0 radical (unpaired) electrons. The second-order valence-corrected chi connectivity index (χ2v) is 12.4. The fraction of sp³-hybridized carbons (Fsp3) is 0.412. The van der Waals surface area contributed by atoms with Gasteiger partial charge in [0, 0.05) is 76.4 Å². The number of nitrogens with one attached hydrogen (secondary N) is 2. The van der Waals surface area contributed by atoms with Gasteiger partial charge in [-0.3, -0.25) is 19.3 Å². The molecule has 0 bridgehead atoms. The zero-order valence-corrected chi connectivity index (χ0v) is 27.9. The highest BCUT2D eigenvalue weighted by molar-refractivity contribution is 6.30. The first kappa shape index (κ1) is 33.4. The number of hydrogen-bond donors (Lipinski definition) is 2. The number of piperazine rings is 1. The Kier molecular flexibility index (Phi) is 10.3. The number of carbonyl (C=O) groups is 2. The Balaban J connectivity index is 1.21. The minimum Gasteiger partial charge on any atom is -0.494 e. The second-order valence-electron chi connectivity index (χ2n) is 12.0. The lowest BCUT2D eigenvalue weighted by Gasteiger charge is -2.43. The molecule has 1 atom stereocenters. The van der Waals surface area contributed by atoms with Crippen LogP contribution in [0.5, 0.6) is 5.75 Å². The standard InChI is InChI=1S/C34H40ClFN8O4/c1-4-33(46)40-26-18-27(30(47-3)19-29(26)43-11-8-23(9-12-43)42-15-13-41(14-16-42)22(2)45)39-31-20-32(38-21-37-31)44-28(10-17-48-44)24-6-5-7-25(35)34(24)36/h4-7,18-21,23,28H,1,8-17H2,2-3H3,(H,40,46)(H,37,38,39). The summed E-state index contributed by atoms with van der Waals surface area (Å²) in [5.74, 6) is 0.753. The molecule has 1 aromatic heterocycles. The van der Waals surface area contributed by atoms with Gasteiger partial charge < -0.3 is 25.2 Å². The molecule has 0 aliphatic carbocycles. The molecule has 3 aliphatic rings. The number of halogens is 2. The van der Waals surface area contributed by atoms with Gasteiger partial charge in [-0.15, -0.1) is 0 Å². The van der Waals surface area contributed by atoms with Crippen LogP contribution in [0.2, 0.25) is 5.02 Å². The van der Waals surface area contributed by atoms with E-state index in [0.717, 1.165) is 57.8 Å². The highest BCUT2D eigenvalue weighted by Crippen LogP contribution is 2.41. The van der Waals surface area contributed by atoms with E-state index in [4.69, 9.17) is 21.2 Å². The summed E-state index contributed by atoms with van der Waals surface area (Å²) in [5.41, 5.74) is 2.44. The van der Waals surface area contributed by atoms with Gasteiger partial charge in [-0.2, -0.15) is 0 Å². The van der Waals surface area contributed by atoms with Crippen LogP contribution in [0.15, 0.2) is 55.4 Å². The Labute approximate surface area is 284 Å². The van der Waals surface area contributed by atoms with Crippen molar-refractivity contribution in [3.8, 4) is 5.75 Å². The van der Waals surface area contributed by atoms with Crippen LogP contribution in [0.4, 0.5) is 33.1 Å². The molecule has 6 rings (SSSR count). The highest BCUT2D eigenvalue weighted by Gasteiger charge is 2.32. The van der Waals surface area contributed by atoms with Gasteiger partial charge in [0.1, 0.15) is 23.7 Å².